The Labute approximate surface area is 116 Å². The van der Waals surface area contributed by atoms with Gasteiger partial charge in [0.25, 0.3) is 0 Å². The summed E-state index contributed by atoms with van der Waals surface area (Å²) in [5.41, 5.74) is 5.74. The summed E-state index contributed by atoms with van der Waals surface area (Å²) in [5, 5.41) is 9.47. The summed E-state index contributed by atoms with van der Waals surface area (Å²) in [4.78, 5) is 11.3. The number of hydrogen-bond acceptors (Lipinski definition) is 6. The van der Waals surface area contributed by atoms with Crippen molar-refractivity contribution in [1.29, 1.82) is 0 Å². The van der Waals surface area contributed by atoms with E-state index in [1.54, 1.807) is 0 Å². The van der Waals surface area contributed by atoms with Crippen LogP contribution >= 0.6 is 11.8 Å². The maximum Gasteiger partial charge on any atom is 0.323 e. The monoisotopic (exact) mass is 282 g/mol. The summed E-state index contributed by atoms with van der Waals surface area (Å²) in [7, 11) is 1.35. The van der Waals surface area contributed by atoms with E-state index in [4.69, 9.17) is 5.73 Å². The Morgan fingerprint density at radius 2 is 2.21 bits per heavy atom. The maximum absolute atomic E-state index is 11.3. The summed E-state index contributed by atoms with van der Waals surface area (Å²) in [6, 6.07) is -0.0498. The number of carbonyl (C=O) groups is 1. The fraction of sp³-hybridized carbons (Fsp3) is 0.750. The van der Waals surface area contributed by atoms with Crippen LogP contribution in [0.3, 0.4) is 0 Å². The highest BCUT2D eigenvalue weighted by Crippen LogP contribution is 2.45. The second kappa shape index (κ2) is 5.13. The highest BCUT2D eigenvalue weighted by molar-refractivity contribution is 7.99. The van der Waals surface area contributed by atoms with Crippen molar-refractivity contribution in [2.24, 2.45) is 5.73 Å². The second-order valence-corrected chi connectivity index (χ2v) is 6.14. The molecule has 1 aromatic heterocycles. The van der Waals surface area contributed by atoms with E-state index < -0.39 is 6.04 Å². The number of nitrogens with two attached hydrogens (primary N) is 1. The zero-order valence-corrected chi connectivity index (χ0v) is 11.7. The lowest BCUT2D eigenvalue weighted by Gasteiger charge is -2.10. The van der Waals surface area contributed by atoms with Crippen molar-refractivity contribution >= 4 is 17.7 Å². The molecule has 2 saturated carbocycles. The van der Waals surface area contributed by atoms with Gasteiger partial charge in [0, 0.05) is 17.7 Å². The van der Waals surface area contributed by atoms with Crippen LogP contribution in [0.5, 0.6) is 0 Å². The van der Waals surface area contributed by atoms with E-state index in [-0.39, 0.29) is 5.97 Å². The Kier molecular flexibility index (Phi) is 3.49. The molecular weight excluding hydrogens is 264 g/mol. The van der Waals surface area contributed by atoms with Crippen molar-refractivity contribution in [3.05, 3.63) is 5.82 Å². The molecule has 2 aliphatic carbocycles. The van der Waals surface area contributed by atoms with Crippen molar-refractivity contribution in [2.45, 2.75) is 48.8 Å². The number of esters is 1. The van der Waals surface area contributed by atoms with Crippen LogP contribution in [0.1, 0.15) is 43.5 Å². The summed E-state index contributed by atoms with van der Waals surface area (Å²) in [6.07, 6.45) is 4.84. The lowest BCUT2D eigenvalue weighted by Crippen LogP contribution is -2.33. The van der Waals surface area contributed by atoms with Crippen LogP contribution in [0, 0.1) is 0 Å². The van der Waals surface area contributed by atoms with Crippen LogP contribution < -0.4 is 5.73 Å². The second-order valence-electron chi connectivity index (χ2n) is 5.16. The van der Waals surface area contributed by atoms with Crippen molar-refractivity contribution in [3.8, 4) is 0 Å². The fourth-order valence-electron chi connectivity index (χ4n) is 2.07. The minimum absolute atomic E-state index is 0.382. The molecule has 1 atom stereocenters. The lowest BCUT2D eigenvalue weighted by molar-refractivity contribution is -0.141. The third-order valence-electron chi connectivity index (χ3n) is 3.44. The zero-order chi connectivity index (χ0) is 13.4. The van der Waals surface area contributed by atoms with E-state index in [9.17, 15) is 4.79 Å². The van der Waals surface area contributed by atoms with E-state index >= 15 is 0 Å². The normalized spacial score (nSPS) is 20.3. The molecule has 1 aromatic rings. The van der Waals surface area contributed by atoms with Gasteiger partial charge >= 0.3 is 5.97 Å². The van der Waals surface area contributed by atoms with Crippen LogP contribution in [0.2, 0.25) is 0 Å². The van der Waals surface area contributed by atoms with E-state index in [0.717, 1.165) is 11.0 Å². The average Bonchev–Trinajstić information content (AvgIpc) is 3.33. The molecule has 0 spiro atoms. The molecule has 0 aromatic carbocycles. The van der Waals surface area contributed by atoms with E-state index in [1.807, 2.05) is 0 Å². The predicted octanol–water partition coefficient (Wildman–Crippen LogP) is 1.08. The Hall–Kier alpha value is -1.08. The minimum Gasteiger partial charge on any atom is -0.468 e. The molecule has 3 rings (SSSR count). The molecule has 6 nitrogen and oxygen atoms in total. The fourth-order valence-corrected chi connectivity index (χ4v) is 3.01. The Balaban J connectivity index is 1.68. The Morgan fingerprint density at radius 1 is 1.47 bits per heavy atom. The largest absolute Gasteiger partial charge is 0.468 e. The van der Waals surface area contributed by atoms with Gasteiger partial charge in [-0.15, -0.1) is 10.2 Å². The number of ether oxygens (including phenoxy) is 1. The maximum atomic E-state index is 11.3. The van der Waals surface area contributed by atoms with Gasteiger partial charge in [0.15, 0.2) is 5.16 Å². The standard InChI is InChI=1S/C12H18N4O2S/c1-18-11(17)9(13)6-19-12-15-14-10(7-2-3-7)16(12)8-4-5-8/h7-9H,2-6,13H2,1H3. The van der Waals surface area contributed by atoms with Gasteiger partial charge in [0.05, 0.1) is 7.11 Å². The first kappa shape index (κ1) is 12.9. The zero-order valence-electron chi connectivity index (χ0n) is 10.9. The summed E-state index contributed by atoms with van der Waals surface area (Å²) in [5.74, 6) is 1.81. The van der Waals surface area contributed by atoms with Gasteiger partial charge in [-0.2, -0.15) is 0 Å². The van der Waals surface area contributed by atoms with Gasteiger partial charge in [-0.05, 0) is 25.7 Å². The lowest BCUT2D eigenvalue weighted by atomic mass is 10.4. The predicted molar refractivity (Wildman–Crippen MR) is 71.0 cm³/mol. The summed E-state index contributed by atoms with van der Waals surface area (Å²) >= 11 is 1.50. The van der Waals surface area contributed by atoms with Gasteiger partial charge in [-0.1, -0.05) is 11.8 Å². The van der Waals surface area contributed by atoms with Gasteiger partial charge in [0.1, 0.15) is 11.9 Å². The van der Waals surface area contributed by atoms with Gasteiger partial charge in [-0.3, -0.25) is 4.79 Å². The number of aromatic nitrogens is 3. The first-order valence-corrected chi connectivity index (χ1v) is 7.60. The molecular formula is C12H18N4O2S. The van der Waals surface area contributed by atoms with Crippen molar-refractivity contribution in [2.75, 3.05) is 12.9 Å². The molecule has 0 bridgehead atoms. The molecule has 0 aliphatic heterocycles. The van der Waals surface area contributed by atoms with Crippen LogP contribution in [-0.4, -0.2) is 39.6 Å². The molecule has 19 heavy (non-hydrogen) atoms. The molecule has 1 heterocycles. The first-order chi connectivity index (χ1) is 9.20. The van der Waals surface area contributed by atoms with Crippen LogP contribution in [0.4, 0.5) is 0 Å². The molecule has 0 radical (unpaired) electrons. The molecule has 104 valence electrons. The van der Waals surface area contributed by atoms with E-state index in [2.05, 4.69) is 19.5 Å². The number of rotatable bonds is 6. The third-order valence-corrected chi connectivity index (χ3v) is 4.50. The van der Waals surface area contributed by atoms with E-state index in [0.29, 0.717) is 17.7 Å². The van der Waals surface area contributed by atoms with E-state index in [1.165, 1.54) is 44.6 Å². The molecule has 0 amide bonds. The summed E-state index contributed by atoms with van der Waals surface area (Å²) < 4.78 is 6.88. The van der Waals surface area contributed by atoms with Crippen molar-refractivity contribution < 1.29 is 9.53 Å². The number of thioether (sulfide) groups is 1. The van der Waals surface area contributed by atoms with Crippen molar-refractivity contribution in [3.63, 3.8) is 0 Å². The average molecular weight is 282 g/mol. The molecule has 2 fully saturated rings. The number of hydrogen-bond donors (Lipinski definition) is 1. The highest BCUT2D eigenvalue weighted by Gasteiger charge is 2.36. The first-order valence-electron chi connectivity index (χ1n) is 6.61. The summed E-state index contributed by atoms with van der Waals surface area (Å²) in [6.45, 7) is 0. The number of methoxy groups -OCH3 is 1. The van der Waals surface area contributed by atoms with Crippen LogP contribution in [-0.2, 0) is 9.53 Å². The minimum atomic E-state index is -0.608. The Morgan fingerprint density at radius 3 is 2.79 bits per heavy atom. The molecule has 2 N–H and O–H groups in total. The molecule has 2 aliphatic rings. The topological polar surface area (TPSA) is 83.0 Å². The number of carbonyl (C=O) groups excluding carboxylic acids is 1. The van der Waals surface area contributed by atoms with Crippen LogP contribution in [0.25, 0.3) is 0 Å². The number of nitrogens with zero attached hydrogens (tertiary/aromatic N) is 3. The van der Waals surface area contributed by atoms with Crippen molar-refractivity contribution in [1.82, 2.24) is 14.8 Å². The van der Waals surface area contributed by atoms with Gasteiger partial charge < -0.3 is 15.0 Å². The molecule has 0 saturated heterocycles. The SMILES string of the molecule is COC(=O)C(N)CSc1nnc(C2CC2)n1C1CC1. The Bertz CT molecular complexity index is 482. The molecule has 7 heteroatoms. The van der Waals surface area contributed by atoms with Gasteiger partial charge in [0.2, 0.25) is 0 Å². The quantitative estimate of drug-likeness (QED) is 0.621. The van der Waals surface area contributed by atoms with Crippen LogP contribution in [0.15, 0.2) is 5.16 Å². The van der Waals surface area contributed by atoms with Gasteiger partial charge in [-0.25, -0.2) is 0 Å². The third kappa shape index (κ3) is 2.76. The smallest absolute Gasteiger partial charge is 0.323 e. The molecule has 1 unspecified atom stereocenters. The highest BCUT2D eigenvalue weighted by atomic mass is 32.2.